The summed E-state index contributed by atoms with van der Waals surface area (Å²) in [7, 11) is 0. The van der Waals surface area contributed by atoms with Crippen LogP contribution >= 0.6 is 0 Å². The predicted molar refractivity (Wildman–Crippen MR) is 69.6 cm³/mol. The summed E-state index contributed by atoms with van der Waals surface area (Å²) in [5.74, 6) is 0.814. The Morgan fingerprint density at radius 3 is 2.78 bits per heavy atom. The molecule has 0 radical (unpaired) electrons. The fraction of sp³-hybridized carbons (Fsp3) is 0.692. The number of rotatable bonds is 4. The van der Waals surface area contributed by atoms with Gasteiger partial charge in [0.2, 0.25) is 0 Å². The van der Waals surface area contributed by atoms with Crippen molar-refractivity contribution in [3.05, 3.63) is 17.6 Å². The minimum atomic E-state index is -0.0872. The van der Waals surface area contributed by atoms with Gasteiger partial charge in [-0.3, -0.25) is 4.98 Å². The molecule has 0 spiro atoms. The van der Waals surface area contributed by atoms with E-state index >= 15 is 0 Å². The number of nitrogens with one attached hydrogen (secondary N) is 1. The zero-order chi connectivity index (χ0) is 13.0. The van der Waals surface area contributed by atoms with Gasteiger partial charge in [-0.25, -0.2) is 4.98 Å². The Hall–Kier alpha value is -1.20. The van der Waals surface area contributed by atoms with Gasteiger partial charge < -0.3 is 15.2 Å². The standard InChI is InChI=1S/C13H21N3O2/c1-10-7-14-11(2)12(16-10)15-8-13(9-17)3-5-18-6-4-13/h7,17H,3-6,8-9H2,1-2H3,(H,15,16). The van der Waals surface area contributed by atoms with Gasteiger partial charge in [0.1, 0.15) is 5.82 Å². The van der Waals surface area contributed by atoms with Crippen molar-refractivity contribution in [3.63, 3.8) is 0 Å². The van der Waals surface area contributed by atoms with Crippen LogP contribution in [0.4, 0.5) is 5.82 Å². The van der Waals surface area contributed by atoms with Crippen LogP contribution in [0.15, 0.2) is 6.20 Å². The molecule has 1 aromatic rings. The first-order valence-corrected chi connectivity index (χ1v) is 6.38. The van der Waals surface area contributed by atoms with E-state index in [4.69, 9.17) is 4.74 Å². The lowest BCUT2D eigenvalue weighted by atomic mass is 9.81. The number of ether oxygens (including phenoxy) is 1. The summed E-state index contributed by atoms with van der Waals surface area (Å²) in [5, 5.41) is 12.9. The normalized spacial score (nSPS) is 18.6. The average molecular weight is 251 g/mol. The third kappa shape index (κ3) is 2.97. The minimum Gasteiger partial charge on any atom is -0.396 e. The molecule has 0 saturated carbocycles. The molecule has 1 aliphatic heterocycles. The second-order valence-corrected chi connectivity index (χ2v) is 5.07. The molecule has 0 atom stereocenters. The van der Waals surface area contributed by atoms with Crippen LogP contribution in [0.3, 0.4) is 0 Å². The highest BCUT2D eigenvalue weighted by atomic mass is 16.5. The molecule has 1 fully saturated rings. The third-order valence-electron chi connectivity index (χ3n) is 3.60. The highest BCUT2D eigenvalue weighted by Gasteiger charge is 2.32. The molecule has 2 heterocycles. The zero-order valence-corrected chi connectivity index (χ0v) is 11.1. The van der Waals surface area contributed by atoms with Crippen molar-refractivity contribution in [2.24, 2.45) is 5.41 Å². The van der Waals surface area contributed by atoms with Crippen LogP contribution < -0.4 is 5.32 Å². The largest absolute Gasteiger partial charge is 0.396 e. The zero-order valence-electron chi connectivity index (χ0n) is 11.1. The summed E-state index contributed by atoms with van der Waals surface area (Å²) in [6, 6.07) is 0. The first kappa shape index (κ1) is 13.2. The molecule has 0 aromatic carbocycles. The van der Waals surface area contributed by atoms with Crippen molar-refractivity contribution in [3.8, 4) is 0 Å². The van der Waals surface area contributed by atoms with Crippen LogP contribution in [-0.2, 0) is 4.74 Å². The van der Waals surface area contributed by atoms with Gasteiger partial charge in [0.25, 0.3) is 0 Å². The highest BCUT2D eigenvalue weighted by Crippen LogP contribution is 2.30. The summed E-state index contributed by atoms with van der Waals surface area (Å²) in [5.41, 5.74) is 1.70. The number of aliphatic hydroxyl groups excluding tert-OH is 1. The molecule has 18 heavy (non-hydrogen) atoms. The van der Waals surface area contributed by atoms with Gasteiger partial charge in [-0.2, -0.15) is 0 Å². The Morgan fingerprint density at radius 2 is 2.11 bits per heavy atom. The van der Waals surface area contributed by atoms with E-state index in [1.165, 1.54) is 0 Å². The molecule has 1 aromatic heterocycles. The molecule has 100 valence electrons. The number of aryl methyl sites for hydroxylation is 2. The molecule has 5 nitrogen and oxygen atoms in total. The van der Waals surface area contributed by atoms with Crippen LogP contribution in [0, 0.1) is 19.3 Å². The predicted octanol–water partition coefficient (Wildman–Crippen LogP) is 1.29. The van der Waals surface area contributed by atoms with E-state index in [1.54, 1.807) is 6.20 Å². The summed E-state index contributed by atoms with van der Waals surface area (Å²) >= 11 is 0. The number of nitrogens with zero attached hydrogens (tertiary/aromatic N) is 2. The van der Waals surface area contributed by atoms with Gasteiger partial charge in [-0.15, -0.1) is 0 Å². The van der Waals surface area contributed by atoms with Crippen LogP contribution in [0.5, 0.6) is 0 Å². The number of anilines is 1. The van der Waals surface area contributed by atoms with E-state index in [1.807, 2.05) is 13.8 Å². The van der Waals surface area contributed by atoms with Crippen LogP contribution in [0.2, 0.25) is 0 Å². The maximum atomic E-state index is 9.61. The smallest absolute Gasteiger partial charge is 0.147 e. The number of aliphatic hydroxyl groups is 1. The van der Waals surface area contributed by atoms with Crippen molar-refractivity contribution in [2.75, 3.05) is 31.7 Å². The van der Waals surface area contributed by atoms with Gasteiger partial charge in [-0.1, -0.05) is 0 Å². The van der Waals surface area contributed by atoms with Crippen LogP contribution in [-0.4, -0.2) is 41.4 Å². The summed E-state index contributed by atoms with van der Waals surface area (Å²) < 4.78 is 5.35. The SMILES string of the molecule is Cc1cnc(C)c(NCC2(CO)CCOCC2)n1. The van der Waals surface area contributed by atoms with Gasteiger partial charge in [0, 0.05) is 31.4 Å². The number of hydrogen-bond donors (Lipinski definition) is 2. The first-order valence-electron chi connectivity index (χ1n) is 6.38. The van der Waals surface area contributed by atoms with Gasteiger partial charge in [-0.05, 0) is 26.7 Å². The Labute approximate surface area is 108 Å². The Bertz CT molecular complexity index is 403. The summed E-state index contributed by atoms with van der Waals surface area (Å²) in [4.78, 5) is 8.71. The maximum Gasteiger partial charge on any atom is 0.147 e. The van der Waals surface area contributed by atoms with Crippen LogP contribution in [0.25, 0.3) is 0 Å². The third-order valence-corrected chi connectivity index (χ3v) is 3.60. The van der Waals surface area contributed by atoms with Crippen molar-refractivity contribution in [1.82, 2.24) is 9.97 Å². The molecule has 1 aliphatic rings. The molecule has 0 aliphatic carbocycles. The van der Waals surface area contributed by atoms with Crippen molar-refractivity contribution in [2.45, 2.75) is 26.7 Å². The topological polar surface area (TPSA) is 67.3 Å². The Kier molecular flexibility index (Phi) is 4.14. The van der Waals surface area contributed by atoms with Gasteiger partial charge in [0.05, 0.1) is 18.0 Å². The highest BCUT2D eigenvalue weighted by molar-refractivity contribution is 5.39. The summed E-state index contributed by atoms with van der Waals surface area (Å²) in [6.07, 6.45) is 3.53. The molecular formula is C13H21N3O2. The molecule has 5 heteroatoms. The van der Waals surface area contributed by atoms with E-state index in [0.717, 1.165) is 43.3 Å². The van der Waals surface area contributed by atoms with E-state index in [0.29, 0.717) is 6.54 Å². The Balaban J connectivity index is 2.03. The van der Waals surface area contributed by atoms with Crippen molar-refractivity contribution in [1.29, 1.82) is 0 Å². The fourth-order valence-electron chi connectivity index (χ4n) is 2.17. The molecule has 1 saturated heterocycles. The van der Waals surface area contributed by atoms with Gasteiger partial charge >= 0.3 is 0 Å². The lowest BCUT2D eigenvalue weighted by Crippen LogP contribution is -2.39. The van der Waals surface area contributed by atoms with Gasteiger partial charge in [0.15, 0.2) is 0 Å². The lowest BCUT2D eigenvalue weighted by molar-refractivity contribution is -0.00862. The first-order chi connectivity index (χ1) is 8.65. The second-order valence-electron chi connectivity index (χ2n) is 5.07. The molecule has 0 bridgehead atoms. The van der Waals surface area contributed by atoms with E-state index in [9.17, 15) is 5.11 Å². The quantitative estimate of drug-likeness (QED) is 0.844. The molecule has 2 N–H and O–H groups in total. The van der Waals surface area contributed by atoms with Crippen LogP contribution in [0.1, 0.15) is 24.2 Å². The lowest BCUT2D eigenvalue weighted by Gasteiger charge is -2.35. The number of hydrogen-bond acceptors (Lipinski definition) is 5. The van der Waals surface area contributed by atoms with E-state index in [-0.39, 0.29) is 12.0 Å². The van der Waals surface area contributed by atoms with Crippen molar-refractivity contribution >= 4 is 5.82 Å². The molecule has 0 amide bonds. The van der Waals surface area contributed by atoms with E-state index < -0.39 is 0 Å². The Morgan fingerprint density at radius 1 is 1.39 bits per heavy atom. The average Bonchev–Trinajstić information content (AvgIpc) is 2.41. The maximum absolute atomic E-state index is 9.61. The number of aromatic nitrogens is 2. The minimum absolute atomic E-state index is 0.0872. The second kappa shape index (κ2) is 5.63. The molecule has 2 rings (SSSR count). The molecular weight excluding hydrogens is 230 g/mol. The summed E-state index contributed by atoms with van der Waals surface area (Å²) in [6.45, 7) is 6.20. The molecule has 0 unspecified atom stereocenters. The van der Waals surface area contributed by atoms with Crippen molar-refractivity contribution < 1.29 is 9.84 Å². The van der Waals surface area contributed by atoms with E-state index in [2.05, 4.69) is 15.3 Å². The monoisotopic (exact) mass is 251 g/mol. The fourth-order valence-corrected chi connectivity index (χ4v) is 2.17.